The molecule has 212 valence electrons. The molecule has 44 heavy (non-hydrogen) atoms. The Labute approximate surface area is 249 Å². The molecular formula is C36H22N2O6. The second-order valence-corrected chi connectivity index (χ2v) is 10.4. The number of carbonyl (C=O) groups excluding carboxylic acids is 2. The second-order valence-electron chi connectivity index (χ2n) is 10.4. The zero-order valence-electron chi connectivity index (χ0n) is 22.9. The monoisotopic (exact) mass is 578 g/mol. The first-order valence-corrected chi connectivity index (χ1v) is 13.7. The first-order valence-electron chi connectivity index (χ1n) is 13.7. The molecule has 0 fully saturated rings. The highest BCUT2D eigenvalue weighted by atomic mass is 16.4. The topological polar surface area (TPSA) is 133 Å². The minimum Gasteiger partial charge on any atom is -0.478 e. The summed E-state index contributed by atoms with van der Waals surface area (Å²) in [7, 11) is 0. The summed E-state index contributed by atoms with van der Waals surface area (Å²) >= 11 is 0. The molecule has 0 radical (unpaired) electrons. The number of nitrogens with one attached hydrogen (secondary N) is 2. The molecule has 7 rings (SSSR count). The third-order valence-corrected chi connectivity index (χ3v) is 7.88. The van der Waals surface area contributed by atoms with Crippen LogP contribution in [-0.4, -0.2) is 34.0 Å². The quantitative estimate of drug-likeness (QED) is 0.118. The SMILES string of the molecule is O=C(Nc1ccccc1)c1c(C(=O)O)c2c(C(=O)O)ccc3c4cccc5cccc(c(c1C(=O)Nc1ccccc1)c23)c54. The molecule has 0 bridgehead atoms. The molecule has 4 N–H and O–H groups in total. The van der Waals surface area contributed by atoms with Crippen LogP contribution in [-0.2, 0) is 0 Å². The molecule has 0 unspecified atom stereocenters. The predicted octanol–water partition coefficient (Wildman–Crippen LogP) is 7.64. The van der Waals surface area contributed by atoms with Gasteiger partial charge in [-0.05, 0) is 62.6 Å². The minimum atomic E-state index is -1.54. The van der Waals surface area contributed by atoms with Crippen LogP contribution in [0.3, 0.4) is 0 Å². The summed E-state index contributed by atoms with van der Waals surface area (Å²) in [5.41, 5.74) is -0.660. The van der Waals surface area contributed by atoms with Crippen molar-refractivity contribution in [2.45, 2.75) is 0 Å². The highest BCUT2D eigenvalue weighted by molar-refractivity contribution is 6.41. The van der Waals surface area contributed by atoms with Gasteiger partial charge in [-0.3, -0.25) is 9.59 Å². The number of rotatable bonds is 6. The maximum Gasteiger partial charge on any atom is 0.337 e. The van der Waals surface area contributed by atoms with E-state index in [0.717, 1.165) is 16.2 Å². The molecule has 0 spiro atoms. The summed E-state index contributed by atoms with van der Waals surface area (Å²) in [5.74, 6) is -4.48. The van der Waals surface area contributed by atoms with E-state index in [4.69, 9.17) is 0 Å². The molecule has 2 amide bonds. The van der Waals surface area contributed by atoms with Gasteiger partial charge in [-0.2, -0.15) is 0 Å². The number of fused-ring (bicyclic) bond motifs is 2. The van der Waals surface area contributed by atoms with Crippen LogP contribution in [0.25, 0.3) is 43.1 Å². The van der Waals surface area contributed by atoms with E-state index in [-0.39, 0.29) is 21.9 Å². The van der Waals surface area contributed by atoms with Crippen molar-refractivity contribution >= 4 is 78.2 Å². The number of amides is 2. The maximum absolute atomic E-state index is 14.4. The zero-order valence-corrected chi connectivity index (χ0v) is 22.9. The van der Waals surface area contributed by atoms with E-state index in [1.165, 1.54) is 6.07 Å². The Hall–Kier alpha value is -6.28. The molecule has 8 heteroatoms. The summed E-state index contributed by atoms with van der Waals surface area (Å²) in [5, 5.41) is 30.6. The number of hydrogen-bond donors (Lipinski definition) is 4. The Kier molecular flexibility index (Phi) is 6.18. The molecule has 0 aromatic heterocycles. The molecule has 8 nitrogen and oxygen atoms in total. The van der Waals surface area contributed by atoms with E-state index < -0.39 is 34.9 Å². The van der Waals surface area contributed by atoms with E-state index in [1.807, 2.05) is 30.3 Å². The van der Waals surface area contributed by atoms with E-state index >= 15 is 0 Å². The summed E-state index contributed by atoms with van der Waals surface area (Å²) in [6.07, 6.45) is 0. The number of para-hydroxylation sites is 2. The van der Waals surface area contributed by atoms with Crippen LogP contribution in [0, 0.1) is 0 Å². The Morgan fingerprint density at radius 1 is 0.432 bits per heavy atom. The largest absolute Gasteiger partial charge is 0.478 e. The minimum absolute atomic E-state index is 0.126. The molecule has 0 aliphatic carbocycles. The number of benzene rings is 7. The van der Waals surface area contributed by atoms with Crippen molar-refractivity contribution < 1.29 is 29.4 Å². The second kappa shape index (κ2) is 10.2. The molecule has 0 saturated carbocycles. The molecule has 0 aliphatic heterocycles. The van der Waals surface area contributed by atoms with Crippen LogP contribution in [0.2, 0.25) is 0 Å². The third kappa shape index (κ3) is 4.08. The van der Waals surface area contributed by atoms with Crippen LogP contribution >= 0.6 is 0 Å². The molecule has 0 saturated heterocycles. The van der Waals surface area contributed by atoms with Gasteiger partial charge in [-0.25, -0.2) is 9.59 Å². The molecule has 0 atom stereocenters. The van der Waals surface area contributed by atoms with Crippen molar-refractivity contribution in [3.63, 3.8) is 0 Å². The Morgan fingerprint density at radius 2 is 0.977 bits per heavy atom. The number of hydrogen-bond acceptors (Lipinski definition) is 4. The highest BCUT2D eigenvalue weighted by Crippen LogP contribution is 2.45. The highest BCUT2D eigenvalue weighted by Gasteiger charge is 2.34. The van der Waals surface area contributed by atoms with Gasteiger partial charge in [0.05, 0.1) is 22.3 Å². The van der Waals surface area contributed by atoms with Crippen LogP contribution in [0.4, 0.5) is 11.4 Å². The Bertz CT molecular complexity index is 2310. The van der Waals surface area contributed by atoms with E-state index in [9.17, 15) is 29.4 Å². The van der Waals surface area contributed by atoms with Gasteiger partial charge in [0.2, 0.25) is 0 Å². The van der Waals surface area contributed by atoms with Crippen molar-refractivity contribution in [1.82, 2.24) is 0 Å². The summed E-state index contributed by atoms with van der Waals surface area (Å²) < 4.78 is 0. The van der Waals surface area contributed by atoms with Crippen molar-refractivity contribution in [2.24, 2.45) is 0 Å². The van der Waals surface area contributed by atoms with E-state index in [1.54, 1.807) is 72.8 Å². The lowest BCUT2D eigenvalue weighted by molar-refractivity contribution is 0.0693. The molecular weight excluding hydrogens is 556 g/mol. The lowest BCUT2D eigenvalue weighted by Gasteiger charge is -2.23. The Balaban J connectivity index is 1.72. The lowest BCUT2D eigenvalue weighted by atomic mass is 9.81. The smallest absolute Gasteiger partial charge is 0.337 e. The van der Waals surface area contributed by atoms with Crippen molar-refractivity contribution in [3.8, 4) is 0 Å². The van der Waals surface area contributed by atoms with E-state index in [0.29, 0.717) is 27.5 Å². The molecule has 7 aromatic rings. The molecule has 0 heterocycles. The fourth-order valence-corrected chi connectivity index (χ4v) is 6.17. The first-order chi connectivity index (χ1) is 21.3. The van der Waals surface area contributed by atoms with Gasteiger partial charge in [-0.15, -0.1) is 0 Å². The average Bonchev–Trinajstić information content (AvgIpc) is 3.03. The number of carboxylic acid groups (broad SMARTS) is 2. The normalized spacial score (nSPS) is 11.3. The van der Waals surface area contributed by atoms with Gasteiger partial charge >= 0.3 is 11.9 Å². The maximum atomic E-state index is 14.4. The third-order valence-electron chi connectivity index (χ3n) is 7.88. The number of carboxylic acids is 2. The number of carbonyl (C=O) groups is 4. The van der Waals surface area contributed by atoms with Gasteiger partial charge in [-0.1, -0.05) is 78.9 Å². The molecule has 7 aromatic carbocycles. The van der Waals surface area contributed by atoms with Crippen molar-refractivity contribution in [2.75, 3.05) is 10.6 Å². The van der Waals surface area contributed by atoms with Crippen LogP contribution < -0.4 is 10.6 Å². The van der Waals surface area contributed by atoms with Crippen molar-refractivity contribution in [1.29, 1.82) is 0 Å². The summed E-state index contributed by atoms with van der Waals surface area (Å²) in [6, 6.07) is 31.2. The van der Waals surface area contributed by atoms with Gasteiger partial charge in [0.1, 0.15) is 0 Å². The average molecular weight is 579 g/mol. The number of anilines is 2. The summed E-state index contributed by atoms with van der Waals surface area (Å²) in [4.78, 5) is 54.3. The first kappa shape index (κ1) is 26.6. The Morgan fingerprint density at radius 3 is 1.55 bits per heavy atom. The van der Waals surface area contributed by atoms with Crippen LogP contribution in [0.5, 0.6) is 0 Å². The van der Waals surface area contributed by atoms with Gasteiger partial charge in [0.15, 0.2) is 0 Å². The fraction of sp³-hybridized carbons (Fsp3) is 0. The van der Waals surface area contributed by atoms with Gasteiger partial charge < -0.3 is 20.8 Å². The standard InChI is InChI=1S/C36H22N2O6/c39-33(37-20-11-3-1-4-12-20)30-28-24-16-8-10-19-9-7-15-22(26(19)24)23-17-18-25(35(41)42)29(27(23)28)32(36(43)44)31(30)34(40)38-21-13-5-2-6-14-21/h1-18H,(H,37,39)(H,38,40)(H,41,42)(H,43,44). The fourth-order valence-electron chi connectivity index (χ4n) is 6.17. The van der Waals surface area contributed by atoms with Gasteiger partial charge in [0.25, 0.3) is 11.8 Å². The van der Waals surface area contributed by atoms with Gasteiger partial charge in [0, 0.05) is 22.1 Å². The molecule has 0 aliphatic rings. The van der Waals surface area contributed by atoms with E-state index in [2.05, 4.69) is 10.6 Å². The zero-order chi connectivity index (χ0) is 30.5. The number of aromatic carboxylic acids is 2. The van der Waals surface area contributed by atoms with Crippen molar-refractivity contribution in [3.05, 3.63) is 131 Å². The lowest BCUT2D eigenvalue weighted by Crippen LogP contribution is -2.25. The van der Waals surface area contributed by atoms with Crippen LogP contribution in [0.15, 0.2) is 109 Å². The predicted molar refractivity (Wildman–Crippen MR) is 170 cm³/mol. The van der Waals surface area contributed by atoms with Crippen LogP contribution in [0.1, 0.15) is 41.4 Å². The summed E-state index contributed by atoms with van der Waals surface area (Å²) in [6.45, 7) is 0.